The Morgan fingerprint density at radius 3 is 1.19 bits per heavy atom. The molecular weight excluding hydrogens is 653 g/mol. The Bertz CT molecular complexity index is 2780. The molecule has 0 atom stereocenters. The number of rotatable bonds is 6. The minimum atomic E-state index is -0.229. The molecule has 2 heteroatoms. The summed E-state index contributed by atoms with van der Waals surface area (Å²) in [5.41, 5.74) is 12.6. The number of hydrogen-bond donors (Lipinski definition) is 0. The molecule has 54 heavy (non-hydrogen) atoms. The van der Waals surface area contributed by atoms with Crippen molar-refractivity contribution in [2.45, 2.75) is 19.3 Å². The normalized spacial score (nSPS) is 13.3. The van der Waals surface area contributed by atoms with Gasteiger partial charge in [-0.2, -0.15) is 0 Å². The molecule has 0 saturated heterocycles. The van der Waals surface area contributed by atoms with Crippen molar-refractivity contribution in [3.05, 3.63) is 205 Å². The number of benzene rings is 9. The van der Waals surface area contributed by atoms with Crippen LogP contribution in [0.25, 0.3) is 54.6 Å². The molecule has 0 spiro atoms. The SMILES string of the molecule is CC1(C)C(c2ccc(N(c3ccc(-c4ccccc4)c4ccccc34)c3ccc(-c4ccccc4)c4ccccc34)c3ccccc23)=Nc2ccccc21. The molecule has 0 radical (unpaired) electrons. The van der Waals surface area contributed by atoms with Crippen molar-refractivity contribution in [1.82, 2.24) is 0 Å². The predicted octanol–water partition coefficient (Wildman–Crippen LogP) is 14.4. The molecule has 1 heterocycles. The van der Waals surface area contributed by atoms with Gasteiger partial charge in [-0.3, -0.25) is 4.99 Å². The number of aliphatic imine (C=N–C) groups is 1. The van der Waals surface area contributed by atoms with Gasteiger partial charge in [-0.15, -0.1) is 0 Å². The first-order valence-corrected chi connectivity index (χ1v) is 18.7. The van der Waals surface area contributed by atoms with Gasteiger partial charge in [0.2, 0.25) is 0 Å². The summed E-state index contributed by atoms with van der Waals surface area (Å²) in [4.78, 5) is 7.77. The summed E-state index contributed by atoms with van der Waals surface area (Å²) >= 11 is 0. The van der Waals surface area contributed by atoms with Gasteiger partial charge >= 0.3 is 0 Å². The van der Waals surface area contributed by atoms with E-state index in [0.717, 1.165) is 28.5 Å². The first kappa shape index (κ1) is 31.9. The Hall–Kier alpha value is -6.77. The summed E-state index contributed by atoms with van der Waals surface area (Å²) in [6.07, 6.45) is 0. The molecule has 1 aliphatic rings. The minimum absolute atomic E-state index is 0.229. The second-order valence-corrected chi connectivity index (χ2v) is 14.7. The van der Waals surface area contributed by atoms with Gasteiger partial charge in [0.15, 0.2) is 0 Å². The van der Waals surface area contributed by atoms with E-state index in [2.05, 4.69) is 213 Å². The lowest BCUT2D eigenvalue weighted by atomic mass is 9.78. The van der Waals surface area contributed by atoms with Crippen molar-refractivity contribution in [2.24, 2.45) is 4.99 Å². The third-order valence-corrected chi connectivity index (χ3v) is 11.3. The molecular formula is C52H38N2. The Kier molecular flexibility index (Phi) is 7.52. The van der Waals surface area contributed by atoms with Crippen molar-refractivity contribution in [3.8, 4) is 22.3 Å². The summed E-state index contributed by atoms with van der Waals surface area (Å²) in [6, 6.07) is 70.4. The zero-order valence-corrected chi connectivity index (χ0v) is 30.4. The highest BCUT2D eigenvalue weighted by Crippen LogP contribution is 2.49. The van der Waals surface area contributed by atoms with Gasteiger partial charge in [0.25, 0.3) is 0 Å². The fourth-order valence-electron chi connectivity index (χ4n) is 8.65. The molecule has 0 N–H and O–H groups in total. The fraction of sp³-hybridized carbons (Fsp3) is 0.0577. The molecule has 9 aromatic rings. The van der Waals surface area contributed by atoms with Crippen molar-refractivity contribution in [2.75, 3.05) is 4.90 Å². The Morgan fingerprint density at radius 2 is 0.722 bits per heavy atom. The third kappa shape index (κ3) is 5.06. The molecule has 1 aliphatic heterocycles. The van der Waals surface area contributed by atoms with Crippen LogP contribution in [0.1, 0.15) is 25.0 Å². The van der Waals surface area contributed by atoms with Crippen LogP contribution in [0.3, 0.4) is 0 Å². The van der Waals surface area contributed by atoms with E-state index < -0.39 is 0 Å². The standard InChI is InChI=1S/C52H38N2/c1-52(2)46-27-15-16-28-47(46)53-51(52)45-31-34-50(44-26-14-11-23-41(44)45)54(48-32-29-37(35-17-5-3-6-18-35)39-21-9-12-24-42(39)48)49-33-30-38(36-19-7-4-8-20-36)40-22-10-13-25-43(40)49/h3-34H,1-2H3. The monoisotopic (exact) mass is 690 g/mol. The van der Waals surface area contributed by atoms with E-state index in [0.29, 0.717) is 0 Å². The van der Waals surface area contributed by atoms with Crippen molar-refractivity contribution >= 4 is 60.8 Å². The van der Waals surface area contributed by atoms with Gasteiger partial charge in [-0.05, 0) is 68.2 Å². The van der Waals surface area contributed by atoms with Gasteiger partial charge in [0.1, 0.15) is 0 Å². The van der Waals surface area contributed by atoms with E-state index >= 15 is 0 Å². The predicted molar refractivity (Wildman–Crippen MR) is 230 cm³/mol. The van der Waals surface area contributed by atoms with Gasteiger partial charge < -0.3 is 4.90 Å². The second kappa shape index (κ2) is 12.7. The number of anilines is 3. The van der Waals surface area contributed by atoms with Gasteiger partial charge in [-0.25, -0.2) is 0 Å². The van der Waals surface area contributed by atoms with E-state index in [-0.39, 0.29) is 5.41 Å². The third-order valence-electron chi connectivity index (χ3n) is 11.3. The Labute approximate surface area is 316 Å². The lowest BCUT2D eigenvalue weighted by molar-refractivity contribution is 0.738. The van der Waals surface area contributed by atoms with Crippen LogP contribution in [-0.2, 0) is 5.41 Å². The van der Waals surface area contributed by atoms with E-state index in [9.17, 15) is 0 Å². The molecule has 256 valence electrons. The highest BCUT2D eigenvalue weighted by atomic mass is 15.1. The molecule has 0 saturated carbocycles. The molecule has 0 aromatic heterocycles. The highest BCUT2D eigenvalue weighted by molar-refractivity contribution is 6.21. The number of para-hydroxylation sites is 1. The summed E-state index contributed by atoms with van der Waals surface area (Å²) in [5, 5.41) is 7.20. The maximum absolute atomic E-state index is 5.28. The van der Waals surface area contributed by atoms with Crippen molar-refractivity contribution in [3.63, 3.8) is 0 Å². The quantitative estimate of drug-likeness (QED) is 0.170. The van der Waals surface area contributed by atoms with Crippen LogP contribution in [-0.4, -0.2) is 5.71 Å². The largest absolute Gasteiger partial charge is 0.309 e. The van der Waals surface area contributed by atoms with Crippen LogP contribution in [0, 0.1) is 0 Å². The van der Waals surface area contributed by atoms with Crippen LogP contribution >= 0.6 is 0 Å². The maximum atomic E-state index is 5.28. The zero-order valence-electron chi connectivity index (χ0n) is 30.4. The van der Waals surface area contributed by atoms with Crippen LogP contribution in [0.2, 0.25) is 0 Å². The molecule has 9 aromatic carbocycles. The summed E-state index contributed by atoms with van der Waals surface area (Å²) in [7, 11) is 0. The Balaban J connectivity index is 1.26. The molecule has 0 bridgehead atoms. The molecule has 0 fully saturated rings. The van der Waals surface area contributed by atoms with E-state index in [4.69, 9.17) is 4.99 Å². The summed E-state index contributed by atoms with van der Waals surface area (Å²) in [6.45, 7) is 4.60. The number of fused-ring (bicyclic) bond motifs is 4. The maximum Gasteiger partial charge on any atom is 0.0675 e. The fourth-order valence-corrected chi connectivity index (χ4v) is 8.65. The average molecular weight is 691 g/mol. The van der Waals surface area contributed by atoms with Crippen LogP contribution in [0.5, 0.6) is 0 Å². The number of hydrogen-bond acceptors (Lipinski definition) is 2. The van der Waals surface area contributed by atoms with Gasteiger partial charge in [0.05, 0.1) is 28.5 Å². The van der Waals surface area contributed by atoms with Gasteiger partial charge in [0, 0.05) is 27.1 Å². The summed E-state index contributed by atoms with van der Waals surface area (Å²) in [5.74, 6) is 0. The van der Waals surface area contributed by atoms with Crippen molar-refractivity contribution in [1.29, 1.82) is 0 Å². The van der Waals surface area contributed by atoms with E-state index in [1.54, 1.807) is 0 Å². The number of nitrogens with zero attached hydrogens (tertiary/aromatic N) is 2. The minimum Gasteiger partial charge on any atom is -0.309 e. The lowest BCUT2D eigenvalue weighted by Crippen LogP contribution is -2.26. The van der Waals surface area contributed by atoms with Crippen LogP contribution in [0.15, 0.2) is 199 Å². The van der Waals surface area contributed by atoms with E-state index in [1.807, 2.05) is 0 Å². The highest BCUT2D eigenvalue weighted by Gasteiger charge is 2.36. The molecule has 0 amide bonds. The molecule has 0 aliphatic carbocycles. The first-order chi connectivity index (χ1) is 26.6. The molecule has 2 nitrogen and oxygen atoms in total. The average Bonchev–Trinajstić information content (AvgIpc) is 3.51. The topological polar surface area (TPSA) is 15.6 Å². The van der Waals surface area contributed by atoms with Gasteiger partial charge in [-0.1, -0.05) is 184 Å². The Morgan fingerprint density at radius 1 is 0.352 bits per heavy atom. The van der Waals surface area contributed by atoms with Crippen molar-refractivity contribution < 1.29 is 0 Å². The zero-order chi connectivity index (χ0) is 36.2. The van der Waals surface area contributed by atoms with E-state index in [1.165, 1.54) is 65.7 Å². The lowest BCUT2D eigenvalue weighted by Gasteiger charge is -2.31. The first-order valence-electron chi connectivity index (χ1n) is 18.7. The van der Waals surface area contributed by atoms with Crippen LogP contribution in [0.4, 0.5) is 22.7 Å². The van der Waals surface area contributed by atoms with Crippen LogP contribution < -0.4 is 4.90 Å². The molecule has 0 unspecified atom stereocenters. The molecule has 10 rings (SSSR count). The second-order valence-electron chi connectivity index (χ2n) is 14.7. The summed E-state index contributed by atoms with van der Waals surface area (Å²) < 4.78 is 0. The smallest absolute Gasteiger partial charge is 0.0675 e.